The van der Waals surface area contributed by atoms with E-state index in [2.05, 4.69) is 26.7 Å². The molecule has 4 rings (SSSR count). The molecule has 8 heteroatoms. The van der Waals surface area contributed by atoms with E-state index in [1.54, 1.807) is 28.4 Å². The van der Waals surface area contributed by atoms with Crippen molar-refractivity contribution in [2.24, 2.45) is 0 Å². The van der Waals surface area contributed by atoms with Crippen molar-refractivity contribution in [1.29, 1.82) is 0 Å². The molecule has 0 N–H and O–H groups in total. The number of hydrogen-bond acceptors (Lipinski definition) is 6. The number of fused-ring (bicyclic) bond motifs is 1. The Labute approximate surface area is 148 Å². The molecule has 0 atom stereocenters. The normalized spacial score (nSPS) is 15.5. The van der Waals surface area contributed by atoms with Gasteiger partial charge in [0, 0.05) is 35.9 Å². The van der Waals surface area contributed by atoms with E-state index in [1.807, 2.05) is 5.38 Å². The van der Waals surface area contributed by atoms with Crippen LogP contribution >= 0.6 is 23.1 Å². The zero-order chi connectivity index (χ0) is 16.5. The monoisotopic (exact) mass is 361 g/mol. The van der Waals surface area contributed by atoms with Crippen LogP contribution in [-0.2, 0) is 12.3 Å². The molecular weight excluding hydrogens is 342 g/mol. The lowest BCUT2D eigenvalue weighted by atomic mass is 10.1. The molecule has 1 fully saturated rings. The van der Waals surface area contributed by atoms with Crippen molar-refractivity contribution in [1.82, 2.24) is 24.1 Å². The molecule has 0 saturated heterocycles. The largest absolute Gasteiger partial charge is 0.306 e. The van der Waals surface area contributed by atoms with Gasteiger partial charge in [0.25, 0.3) is 5.56 Å². The quantitative estimate of drug-likeness (QED) is 0.652. The van der Waals surface area contributed by atoms with E-state index in [4.69, 9.17) is 0 Å². The van der Waals surface area contributed by atoms with Crippen LogP contribution in [0.4, 0.5) is 0 Å². The molecule has 0 aliphatic heterocycles. The summed E-state index contributed by atoms with van der Waals surface area (Å²) < 4.78 is 3.79. The third-order valence-corrected chi connectivity index (χ3v) is 6.24. The predicted molar refractivity (Wildman–Crippen MR) is 95.8 cm³/mol. The van der Waals surface area contributed by atoms with Crippen LogP contribution in [0.15, 0.2) is 27.6 Å². The van der Waals surface area contributed by atoms with Crippen LogP contribution < -0.4 is 5.56 Å². The Morgan fingerprint density at radius 3 is 2.96 bits per heavy atom. The van der Waals surface area contributed by atoms with Crippen molar-refractivity contribution in [3.63, 3.8) is 0 Å². The second-order valence-corrected chi connectivity index (χ2v) is 7.81. The average molecular weight is 361 g/mol. The summed E-state index contributed by atoms with van der Waals surface area (Å²) in [6.45, 7) is 3.01. The molecule has 0 unspecified atom stereocenters. The molecule has 1 aliphatic rings. The van der Waals surface area contributed by atoms with Gasteiger partial charge >= 0.3 is 0 Å². The van der Waals surface area contributed by atoms with Gasteiger partial charge in [0.05, 0.1) is 5.69 Å². The second-order valence-electron chi connectivity index (χ2n) is 6.00. The highest BCUT2D eigenvalue weighted by molar-refractivity contribution is 7.98. The smallest absolute Gasteiger partial charge is 0.258 e. The Morgan fingerprint density at radius 1 is 1.33 bits per heavy atom. The first kappa shape index (κ1) is 15.8. The van der Waals surface area contributed by atoms with E-state index in [1.165, 1.54) is 37.0 Å². The van der Waals surface area contributed by atoms with Crippen LogP contribution in [0.1, 0.15) is 50.0 Å². The van der Waals surface area contributed by atoms with Crippen molar-refractivity contribution >= 4 is 28.1 Å². The van der Waals surface area contributed by atoms with Gasteiger partial charge in [-0.05, 0) is 19.8 Å². The summed E-state index contributed by atoms with van der Waals surface area (Å²) in [6.07, 6.45) is 6.77. The van der Waals surface area contributed by atoms with Crippen molar-refractivity contribution in [2.45, 2.75) is 56.0 Å². The summed E-state index contributed by atoms with van der Waals surface area (Å²) in [6, 6.07) is 1.61. The summed E-state index contributed by atoms with van der Waals surface area (Å²) in [7, 11) is 0. The third kappa shape index (κ3) is 2.88. The van der Waals surface area contributed by atoms with Crippen LogP contribution in [0.25, 0.3) is 4.96 Å². The summed E-state index contributed by atoms with van der Waals surface area (Å²) in [4.78, 5) is 17.4. The van der Waals surface area contributed by atoms with E-state index in [0.29, 0.717) is 11.7 Å². The number of rotatable bonds is 5. The molecule has 6 nitrogen and oxygen atoms in total. The lowest BCUT2D eigenvalue weighted by Gasteiger charge is -2.11. The Kier molecular flexibility index (Phi) is 4.41. The van der Waals surface area contributed by atoms with Gasteiger partial charge in [-0.25, -0.2) is 4.98 Å². The van der Waals surface area contributed by atoms with Gasteiger partial charge in [0.1, 0.15) is 5.82 Å². The first-order valence-electron chi connectivity index (χ1n) is 8.28. The van der Waals surface area contributed by atoms with Crippen LogP contribution in [0.2, 0.25) is 0 Å². The minimum absolute atomic E-state index is 0.0274. The fourth-order valence-corrected chi connectivity index (χ4v) is 4.93. The second kappa shape index (κ2) is 6.68. The minimum Gasteiger partial charge on any atom is -0.306 e. The van der Waals surface area contributed by atoms with E-state index in [-0.39, 0.29) is 5.56 Å². The topological polar surface area (TPSA) is 65.1 Å². The van der Waals surface area contributed by atoms with E-state index < -0.39 is 0 Å². The zero-order valence-corrected chi connectivity index (χ0v) is 15.1. The summed E-state index contributed by atoms with van der Waals surface area (Å²) in [5, 5.41) is 11.6. The molecule has 0 amide bonds. The fraction of sp³-hybridized carbons (Fsp3) is 0.500. The molecule has 24 heavy (non-hydrogen) atoms. The van der Waals surface area contributed by atoms with Crippen molar-refractivity contribution in [2.75, 3.05) is 0 Å². The van der Waals surface area contributed by atoms with Gasteiger partial charge < -0.3 is 4.57 Å². The Hall–Kier alpha value is -1.67. The molecule has 0 spiro atoms. The lowest BCUT2D eigenvalue weighted by Crippen LogP contribution is -2.12. The SMILES string of the molecule is CCn1c(SCc2cc(=O)n3ccsc3n2)nnc1C1CCCC1. The maximum atomic E-state index is 12.1. The third-order valence-electron chi connectivity index (χ3n) is 4.49. The number of aromatic nitrogens is 5. The summed E-state index contributed by atoms with van der Waals surface area (Å²) in [5.41, 5.74) is 0.765. The van der Waals surface area contributed by atoms with E-state index in [0.717, 1.165) is 28.2 Å². The molecular formula is C16H19N5OS2. The molecule has 1 saturated carbocycles. The van der Waals surface area contributed by atoms with Crippen LogP contribution in [0.3, 0.4) is 0 Å². The number of hydrogen-bond donors (Lipinski definition) is 0. The Morgan fingerprint density at radius 2 is 2.17 bits per heavy atom. The predicted octanol–water partition coefficient (Wildman–Crippen LogP) is 3.32. The van der Waals surface area contributed by atoms with Crippen LogP contribution in [0, 0.1) is 0 Å². The summed E-state index contributed by atoms with van der Waals surface area (Å²) >= 11 is 3.08. The highest BCUT2D eigenvalue weighted by atomic mass is 32.2. The maximum Gasteiger partial charge on any atom is 0.258 e. The van der Waals surface area contributed by atoms with Crippen LogP contribution in [0.5, 0.6) is 0 Å². The molecule has 3 aromatic rings. The summed E-state index contributed by atoms with van der Waals surface area (Å²) in [5.74, 6) is 2.31. The molecule has 0 bridgehead atoms. The van der Waals surface area contributed by atoms with E-state index in [9.17, 15) is 4.79 Å². The number of thiazole rings is 1. The van der Waals surface area contributed by atoms with Crippen molar-refractivity contribution in [3.8, 4) is 0 Å². The average Bonchev–Trinajstić information content (AvgIpc) is 3.31. The van der Waals surface area contributed by atoms with Crippen molar-refractivity contribution in [3.05, 3.63) is 39.5 Å². The fourth-order valence-electron chi connectivity index (χ4n) is 3.29. The lowest BCUT2D eigenvalue weighted by molar-refractivity contribution is 0.576. The molecule has 126 valence electrons. The van der Waals surface area contributed by atoms with Crippen molar-refractivity contribution < 1.29 is 0 Å². The van der Waals surface area contributed by atoms with Crippen LogP contribution in [-0.4, -0.2) is 24.1 Å². The maximum absolute atomic E-state index is 12.1. The van der Waals surface area contributed by atoms with Gasteiger partial charge in [0.15, 0.2) is 10.1 Å². The van der Waals surface area contributed by atoms with Gasteiger partial charge in [-0.2, -0.15) is 0 Å². The standard InChI is InChI=1S/C16H19N5OS2/c1-2-20-14(11-5-3-4-6-11)18-19-16(20)24-10-12-9-13(22)21-7-8-23-15(21)17-12/h7-9,11H,2-6,10H2,1H3. The van der Waals surface area contributed by atoms with Gasteiger partial charge in [-0.15, -0.1) is 21.5 Å². The van der Waals surface area contributed by atoms with Gasteiger partial charge in [-0.3, -0.25) is 9.20 Å². The zero-order valence-electron chi connectivity index (χ0n) is 13.5. The molecule has 3 heterocycles. The molecule has 1 aliphatic carbocycles. The molecule has 0 radical (unpaired) electrons. The minimum atomic E-state index is -0.0274. The first-order valence-corrected chi connectivity index (χ1v) is 10.1. The number of nitrogens with zero attached hydrogens (tertiary/aromatic N) is 5. The van der Waals surface area contributed by atoms with Gasteiger partial charge in [0.2, 0.25) is 0 Å². The first-order chi connectivity index (χ1) is 11.8. The highest BCUT2D eigenvalue weighted by Gasteiger charge is 2.24. The number of thioether (sulfide) groups is 1. The molecule has 3 aromatic heterocycles. The van der Waals surface area contributed by atoms with E-state index >= 15 is 0 Å². The molecule has 0 aromatic carbocycles. The van der Waals surface area contributed by atoms with Gasteiger partial charge in [-0.1, -0.05) is 24.6 Å². The highest BCUT2D eigenvalue weighted by Crippen LogP contribution is 2.34. The Balaban J connectivity index is 1.55. The Bertz CT molecular complexity index is 907.